The molecule has 2 N–H and O–H groups in total. The summed E-state index contributed by atoms with van der Waals surface area (Å²) in [6.45, 7) is 0. The highest BCUT2D eigenvalue weighted by Crippen LogP contribution is 2.27. The Morgan fingerprint density at radius 2 is 1.26 bits per heavy atom. The SMILES string of the molecule is O=C(CC(c1ccccc1)c1ccccc1)NNC(=O)c1ccccc1Cl. The van der Waals surface area contributed by atoms with E-state index < -0.39 is 5.91 Å². The Morgan fingerprint density at radius 1 is 0.741 bits per heavy atom. The third-order valence-electron chi connectivity index (χ3n) is 4.23. The molecule has 0 aromatic heterocycles. The average molecular weight is 379 g/mol. The van der Waals surface area contributed by atoms with E-state index in [0.29, 0.717) is 10.6 Å². The summed E-state index contributed by atoms with van der Waals surface area (Å²) in [4.78, 5) is 24.6. The van der Waals surface area contributed by atoms with E-state index in [1.54, 1.807) is 24.3 Å². The molecule has 27 heavy (non-hydrogen) atoms. The first-order valence-corrected chi connectivity index (χ1v) is 8.96. The molecule has 0 bridgehead atoms. The van der Waals surface area contributed by atoms with E-state index in [1.165, 1.54) is 0 Å². The van der Waals surface area contributed by atoms with E-state index >= 15 is 0 Å². The molecule has 0 aliphatic heterocycles. The Hall–Kier alpha value is -3.11. The maximum absolute atomic E-state index is 12.5. The zero-order valence-corrected chi connectivity index (χ0v) is 15.3. The van der Waals surface area contributed by atoms with Crippen molar-refractivity contribution in [2.75, 3.05) is 0 Å². The van der Waals surface area contributed by atoms with Crippen molar-refractivity contribution in [2.24, 2.45) is 0 Å². The first-order valence-electron chi connectivity index (χ1n) is 8.59. The summed E-state index contributed by atoms with van der Waals surface area (Å²) in [5.74, 6) is -0.845. The van der Waals surface area contributed by atoms with Crippen LogP contribution >= 0.6 is 11.6 Å². The van der Waals surface area contributed by atoms with Gasteiger partial charge in [0, 0.05) is 12.3 Å². The predicted molar refractivity (Wildman–Crippen MR) is 106 cm³/mol. The Kier molecular flexibility index (Phi) is 6.23. The van der Waals surface area contributed by atoms with E-state index in [-0.39, 0.29) is 18.2 Å². The van der Waals surface area contributed by atoms with Gasteiger partial charge < -0.3 is 0 Å². The molecule has 2 amide bonds. The fourth-order valence-electron chi connectivity index (χ4n) is 2.87. The molecule has 0 saturated heterocycles. The number of amides is 2. The van der Waals surface area contributed by atoms with Gasteiger partial charge in [0.2, 0.25) is 5.91 Å². The highest BCUT2D eigenvalue weighted by Gasteiger charge is 2.19. The van der Waals surface area contributed by atoms with Crippen molar-refractivity contribution in [3.8, 4) is 0 Å². The largest absolute Gasteiger partial charge is 0.273 e. The van der Waals surface area contributed by atoms with Crippen molar-refractivity contribution in [2.45, 2.75) is 12.3 Å². The molecule has 0 heterocycles. The highest BCUT2D eigenvalue weighted by atomic mass is 35.5. The lowest BCUT2D eigenvalue weighted by Crippen LogP contribution is -2.42. The smallest absolute Gasteiger partial charge is 0.271 e. The fraction of sp³-hybridized carbons (Fsp3) is 0.0909. The molecule has 0 radical (unpaired) electrons. The van der Waals surface area contributed by atoms with Crippen LogP contribution in [0, 0.1) is 0 Å². The van der Waals surface area contributed by atoms with Gasteiger partial charge in [0.05, 0.1) is 10.6 Å². The number of hydrogen-bond donors (Lipinski definition) is 2. The molecule has 136 valence electrons. The molecule has 0 saturated carbocycles. The minimum absolute atomic E-state index is 0.107. The number of nitrogens with one attached hydrogen (secondary N) is 2. The Balaban J connectivity index is 1.68. The second-order valence-corrected chi connectivity index (χ2v) is 6.47. The summed E-state index contributed by atoms with van der Waals surface area (Å²) in [5, 5.41) is 0.329. The first kappa shape index (κ1) is 18.7. The van der Waals surface area contributed by atoms with Crippen LogP contribution in [0.5, 0.6) is 0 Å². The van der Waals surface area contributed by atoms with E-state index in [4.69, 9.17) is 11.6 Å². The van der Waals surface area contributed by atoms with Crippen LogP contribution in [-0.4, -0.2) is 11.8 Å². The highest BCUT2D eigenvalue weighted by molar-refractivity contribution is 6.33. The van der Waals surface area contributed by atoms with Gasteiger partial charge in [-0.05, 0) is 23.3 Å². The van der Waals surface area contributed by atoms with Gasteiger partial charge in [-0.2, -0.15) is 0 Å². The molecule has 0 aliphatic carbocycles. The molecular weight excluding hydrogens is 360 g/mol. The zero-order chi connectivity index (χ0) is 19.1. The number of carbonyl (C=O) groups excluding carboxylic acids is 2. The van der Waals surface area contributed by atoms with E-state index in [1.807, 2.05) is 60.7 Å². The summed E-state index contributed by atoms with van der Waals surface area (Å²) >= 11 is 6.01. The number of hydrogen-bond acceptors (Lipinski definition) is 2. The van der Waals surface area contributed by atoms with Crippen LogP contribution in [0.4, 0.5) is 0 Å². The summed E-state index contributed by atoms with van der Waals surface area (Å²) < 4.78 is 0. The molecule has 3 aromatic rings. The maximum atomic E-state index is 12.5. The van der Waals surface area contributed by atoms with Crippen molar-refractivity contribution < 1.29 is 9.59 Å². The van der Waals surface area contributed by atoms with Gasteiger partial charge in [0.1, 0.15) is 0 Å². The molecule has 4 nitrogen and oxygen atoms in total. The van der Waals surface area contributed by atoms with Gasteiger partial charge in [-0.15, -0.1) is 0 Å². The zero-order valence-electron chi connectivity index (χ0n) is 14.6. The molecule has 5 heteroatoms. The third-order valence-corrected chi connectivity index (χ3v) is 4.56. The number of rotatable bonds is 5. The van der Waals surface area contributed by atoms with Crippen LogP contribution in [0.1, 0.15) is 33.8 Å². The third kappa shape index (κ3) is 4.96. The molecular formula is C22H19ClN2O2. The van der Waals surface area contributed by atoms with Crippen molar-refractivity contribution in [3.05, 3.63) is 107 Å². The summed E-state index contributed by atoms with van der Waals surface area (Å²) in [5.41, 5.74) is 7.29. The molecule has 0 fully saturated rings. The fourth-order valence-corrected chi connectivity index (χ4v) is 3.10. The average Bonchev–Trinajstić information content (AvgIpc) is 2.72. The molecule has 3 rings (SSSR count). The van der Waals surface area contributed by atoms with Crippen LogP contribution in [0.15, 0.2) is 84.9 Å². The van der Waals surface area contributed by atoms with Crippen LogP contribution in [0.25, 0.3) is 0 Å². The number of hydrazine groups is 1. The van der Waals surface area contributed by atoms with Gasteiger partial charge in [-0.25, -0.2) is 0 Å². The van der Waals surface area contributed by atoms with Gasteiger partial charge in [-0.1, -0.05) is 84.4 Å². The van der Waals surface area contributed by atoms with Gasteiger partial charge in [0.15, 0.2) is 0 Å². The lowest BCUT2D eigenvalue weighted by molar-refractivity contribution is -0.122. The molecule has 3 aromatic carbocycles. The predicted octanol–water partition coefficient (Wildman–Crippen LogP) is 4.32. The number of carbonyl (C=O) groups is 2. The van der Waals surface area contributed by atoms with Crippen LogP contribution in [0.2, 0.25) is 5.02 Å². The molecule has 0 unspecified atom stereocenters. The van der Waals surface area contributed by atoms with Crippen LogP contribution in [0.3, 0.4) is 0 Å². The minimum atomic E-state index is -0.454. The van der Waals surface area contributed by atoms with Crippen LogP contribution in [-0.2, 0) is 4.79 Å². The summed E-state index contributed by atoms with van der Waals surface area (Å²) in [6, 6.07) is 26.3. The van der Waals surface area contributed by atoms with Crippen molar-refractivity contribution >= 4 is 23.4 Å². The van der Waals surface area contributed by atoms with Crippen LogP contribution < -0.4 is 10.9 Å². The topological polar surface area (TPSA) is 58.2 Å². The molecule has 0 spiro atoms. The summed E-state index contributed by atoms with van der Waals surface area (Å²) in [7, 11) is 0. The minimum Gasteiger partial charge on any atom is -0.273 e. The Bertz CT molecular complexity index is 874. The summed E-state index contributed by atoms with van der Waals surface area (Å²) in [6.07, 6.45) is 0.205. The standard InChI is InChI=1S/C22H19ClN2O2/c23-20-14-8-7-13-18(20)22(27)25-24-21(26)15-19(16-9-3-1-4-10-16)17-11-5-2-6-12-17/h1-14,19H,15H2,(H,24,26)(H,25,27). The van der Waals surface area contributed by atoms with E-state index in [9.17, 15) is 9.59 Å². The van der Waals surface area contributed by atoms with E-state index in [2.05, 4.69) is 10.9 Å². The second kappa shape index (κ2) is 9.01. The molecule has 0 atom stereocenters. The first-order chi connectivity index (χ1) is 13.1. The lowest BCUT2D eigenvalue weighted by Gasteiger charge is -2.18. The van der Waals surface area contributed by atoms with Crippen molar-refractivity contribution in [1.82, 2.24) is 10.9 Å². The maximum Gasteiger partial charge on any atom is 0.271 e. The Labute approximate surface area is 163 Å². The van der Waals surface area contributed by atoms with Crippen molar-refractivity contribution in [3.63, 3.8) is 0 Å². The van der Waals surface area contributed by atoms with Gasteiger partial charge in [-0.3, -0.25) is 20.4 Å². The second-order valence-electron chi connectivity index (χ2n) is 6.06. The normalized spacial score (nSPS) is 10.4. The van der Waals surface area contributed by atoms with Gasteiger partial charge >= 0.3 is 0 Å². The lowest BCUT2D eigenvalue weighted by atomic mass is 9.88. The van der Waals surface area contributed by atoms with Crippen molar-refractivity contribution in [1.29, 1.82) is 0 Å². The number of halogens is 1. The van der Waals surface area contributed by atoms with Gasteiger partial charge in [0.25, 0.3) is 5.91 Å². The monoisotopic (exact) mass is 378 g/mol. The Morgan fingerprint density at radius 3 is 1.81 bits per heavy atom. The van der Waals surface area contributed by atoms with E-state index in [0.717, 1.165) is 11.1 Å². The number of benzene rings is 3. The quantitative estimate of drug-likeness (QED) is 0.649. The molecule has 0 aliphatic rings.